The molecule has 0 spiro atoms. The first kappa shape index (κ1) is 29.1. The van der Waals surface area contributed by atoms with E-state index in [9.17, 15) is 34.2 Å². The van der Waals surface area contributed by atoms with Crippen LogP contribution in [-0.4, -0.2) is 97.3 Å². The number of ketones is 4. The molecular weight excluding hydrogens is 548 g/mol. The van der Waals surface area contributed by atoms with Gasteiger partial charge in [-0.3, -0.25) is 28.9 Å². The van der Waals surface area contributed by atoms with Gasteiger partial charge in [-0.15, -0.1) is 0 Å². The second-order valence-electron chi connectivity index (χ2n) is 11.4. The number of carbonyl (C=O) groups is 5. The number of Topliss-reactive ketones (excluding diaryl/α,β-unsaturated/α-hetero) is 4. The molecule has 2 saturated carbocycles. The maximum absolute atomic E-state index is 14.1. The van der Waals surface area contributed by atoms with Crippen LogP contribution in [0.5, 0.6) is 5.75 Å². The molecule has 3 unspecified atom stereocenters. The molecule has 0 radical (unpaired) electrons. The van der Waals surface area contributed by atoms with Crippen LogP contribution in [0.25, 0.3) is 11.3 Å². The Balaban J connectivity index is 1.66. The van der Waals surface area contributed by atoms with E-state index in [2.05, 4.69) is 9.99 Å². The molecule has 0 saturated heterocycles. The van der Waals surface area contributed by atoms with Crippen molar-refractivity contribution in [2.75, 3.05) is 40.2 Å². The number of furan rings is 1. The summed E-state index contributed by atoms with van der Waals surface area (Å²) in [6, 6.07) is 3.68. The van der Waals surface area contributed by atoms with E-state index in [4.69, 9.17) is 10.2 Å². The lowest BCUT2D eigenvalue weighted by Gasteiger charge is -2.52. The fourth-order valence-electron chi connectivity index (χ4n) is 6.91. The van der Waals surface area contributed by atoms with E-state index >= 15 is 0 Å². The maximum Gasteiger partial charge on any atom is 0.235 e. The zero-order valence-electron chi connectivity index (χ0n) is 23.8. The van der Waals surface area contributed by atoms with Gasteiger partial charge >= 0.3 is 0 Å². The van der Waals surface area contributed by atoms with E-state index in [0.717, 1.165) is 0 Å². The molecule has 13 nitrogen and oxygen atoms in total. The standard InChI is InChI=1S/C29H32N4O9/c1-32(2)17-10-15(18-7-6-13(42-18)11-31-41-5)23(34)20-14(17)8-12-9-16-22(33(3)4)25(36)21(28(30)39)27(38)29(16,40)26(37)19(12)24(20)35/h6-7,10-12,16,19,21-22,34,40H,8-9H2,1-5H3,(H2,30,39)/b31-11-/t12-,16-,19?,21?,22?,29-/m0/s1. The Labute approximate surface area is 240 Å². The number of carbonyl (C=O) groups excluding carboxylic acids is 5. The minimum Gasteiger partial charge on any atom is -0.506 e. The molecule has 2 aromatic rings. The van der Waals surface area contributed by atoms with Gasteiger partial charge in [0.25, 0.3) is 0 Å². The van der Waals surface area contributed by atoms with Crippen molar-refractivity contribution in [3.05, 3.63) is 35.1 Å². The van der Waals surface area contributed by atoms with Gasteiger partial charge in [-0.25, -0.2) is 0 Å². The summed E-state index contributed by atoms with van der Waals surface area (Å²) < 4.78 is 5.77. The number of nitrogens with two attached hydrogens (primary N) is 1. The zero-order chi connectivity index (χ0) is 30.8. The van der Waals surface area contributed by atoms with Crippen LogP contribution in [0.3, 0.4) is 0 Å². The molecule has 42 heavy (non-hydrogen) atoms. The lowest BCUT2D eigenvalue weighted by atomic mass is 9.52. The highest BCUT2D eigenvalue weighted by Gasteiger charge is 2.69. The molecule has 1 aromatic heterocycles. The third-order valence-electron chi connectivity index (χ3n) is 8.70. The number of aromatic hydroxyl groups is 1. The van der Waals surface area contributed by atoms with Gasteiger partial charge in [-0.1, -0.05) is 5.16 Å². The van der Waals surface area contributed by atoms with Crippen LogP contribution in [0.1, 0.15) is 28.1 Å². The summed E-state index contributed by atoms with van der Waals surface area (Å²) in [5.74, 6) is -10.5. The van der Waals surface area contributed by atoms with Gasteiger partial charge in [-0.05, 0) is 56.6 Å². The highest BCUT2D eigenvalue weighted by molar-refractivity contribution is 6.32. The molecule has 222 valence electrons. The lowest BCUT2D eigenvalue weighted by Crippen LogP contribution is -2.74. The van der Waals surface area contributed by atoms with Crippen LogP contribution >= 0.6 is 0 Å². The van der Waals surface area contributed by atoms with Gasteiger partial charge in [0, 0.05) is 25.7 Å². The third kappa shape index (κ3) is 4.06. The van der Waals surface area contributed by atoms with Gasteiger partial charge in [0.1, 0.15) is 30.6 Å². The van der Waals surface area contributed by atoms with Gasteiger partial charge in [0.2, 0.25) is 5.91 Å². The predicted octanol–water partition coefficient (Wildman–Crippen LogP) is 0.173. The van der Waals surface area contributed by atoms with Crippen molar-refractivity contribution in [3.8, 4) is 17.1 Å². The van der Waals surface area contributed by atoms with Crippen LogP contribution in [0.15, 0.2) is 27.8 Å². The van der Waals surface area contributed by atoms with Crippen LogP contribution in [0.4, 0.5) is 5.69 Å². The number of nitrogens with zero attached hydrogens (tertiary/aromatic N) is 3. The van der Waals surface area contributed by atoms with Crippen LogP contribution in [-0.2, 0) is 30.4 Å². The Kier molecular flexibility index (Phi) is 7.06. The van der Waals surface area contributed by atoms with Crippen molar-refractivity contribution in [2.45, 2.75) is 24.5 Å². The lowest BCUT2D eigenvalue weighted by molar-refractivity contribution is -0.181. The molecule has 0 aliphatic heterocycles. The SMILES string of the molecule is CO/N=C\c1ccc(-c2cc(N(C)C)c3c(c2O)C(=O)C2C(=O)[C@]4(O)C(=O)C(C(N)=O)C(=O)C(N(C)C)[C@@H]4C[C@@H]2C3)o1. The van der Waals surface area contributed by atoms with E-state index in [-0.39, 0.29) is 29.7 Å². The number of amides is 1. The van der Waals surface area contributed by atoms with E-state index < -0.39 is 70.1 Å². The average molecular weight is 581 g/mol. The van der Waals surface area contributed by atoms with Gasteiger partial charge in [-0.2, -0.15) is 0 Å². The van der Waals surface area contributed by atoms with Crippen molar-refractivity contribution in [1.29, 1.82) is 0 Å². The topological polar surface area (TPSA) is 193 Å². The quantitative estimate of drug-likeness (QED) is 0.240. The van der Waals surface area contributed by atoms with Gasteiger partial charge < -0.3 is 30.1 Å². The molecule has 1 aromatic carbocycles. The minimum atomic E-state index is -2.79. The minimum absolute atomic E-state index is 0.0281. The normalized spacial score (nSPS) is 29.0. The Morgan fingerprint density at radius 3 is 2.45 bits per heavy atom. The summed E-state index contributed by atoms with van der Waals surface area (Å²) in [6.45, 7) is 0. The third-order valence-corrected chi connectivity index (χ3v) is 8.70. The first-order valence-electron chi connectivity index (χ1n) is 13.3. The number of rotatable bonds is 6. The highest BCUT2D eigenvalue weighted by Crippen LogP contribution is 2.53. The molecule has 1 heterocycles. The van der Waals surface area contributed by atoms with Crippen LogP contribution in [0, 0.1) is 23.7 Å². The average Bonchev–Trinajstić information content (AvgIpc) is 3.37. The van der Waals surface area contributed by atoms with Gasteiger partial charge in [0.05, 0.1) is 23.1 Å². The van der Waals surface area contributed by atoms with E-state index in [1.807, 2.05) is 0 Å². The zero-order valence-corrected chi connectivity index (χ0v) is 23.8. The van der Waals surface area contributed by atoms with Crippen molar-refractivity contribution in [2.24, 2.45) is 34.6 Å². The first-order chi connectivity index (χ1) is 19.7. The van der Waals surface area contributed by atoms with Crippen LogP contribution in [0.2, 0.25) is 0 Å². The highest BCUT2D eigenvalue weighted by atomic mass is 16.6. The number of aliphatic hydroxyl groups is 1. The molecule has 3 aliphatic rings. The second-order valence-corrected chi connectivity index (χ2v) is 11.4. The smallest absolute Gasteiger partial charge is 0.235 e. The molecule has 2 fully saturated rings. The van der Waals surface area contributed by atoms with E-state index in [1.165, 1.54) is 18.2 Å². The predicted molar refractivity (Wildman–Crippen MR) is 148 cm³/mol. The summed E-state index contributed by atoms with van der Waals surface area (Å²) in [6.07, 6.45) is 1.45. The molecule has 3 aliphatic carbocycles. The summed E-state index contributed by atoms with van der Waals surface area (Å²) in [5.41, 5.74) is 3.73. The van der Waals surface area contributed by atoms with Crippen LogP contribution < -0.4 is 10.6 Å². The number of likely N-dealkylation sites (N-methyl/N-ethyl adjacent to an activating group) is 1. The summed E-state index contributed by atoms with van der Waals surface area (Å²) in [5, 5.41) is 26.8. The molecule has 0 bridgehead atoms. The number of primary amides is 1. The summed E-state index contributed by atoms with van der Waals surface area (Å²) >= 11 is 0. The molecule has 5 rings (SSSR count). The molecule has 4 N–H and O–H groups in total. The fraction of sp³-hybridized carbons (Fsp3) is 0.448. The maximum atomic E-state index is 14.1. The number of phenolic OH excluding ortho intramolecular Hbond substituents is 1. The van der Waals surface area contributed by atoms with Crippen molar-refractivity contribution >= 4 is 40.9 Å². The first-order valence-corrected chi connectivity index (χ1v) is 13.3. The van der Waals surface area contributed by atoms with Gasteiger partial charge in [0.15, 0.2) is 34.7 Å². The number of phenols is 1. The van der Waals surface area contributed by atoms with E-state index in [1.54, 1.807) is 51.3 Å². The van der Waals surface area contributed by atoms with Crippen molar-refractivity contribution < 1.29 is 43.4 Å². The Bertz CT molecular complexity index is 1560. The monoisotopic (exact) mass is 580 g/mol. The largest absolute Gasteiger partial charge is 0.506 e. The summed E-state index contributed by atoms with van der Waals surface area (Å²) in [4.78, 5) is 75.0. The number of anilines is 1. The Hall–Kier alpha value is -4.36. The number of hydrogen-bond acceptors (Lipinski definition) is 12. The van der Waals surface area contributed by atoms with Crippen molar-refractivity contribution in [1.82, 2.24) is 4.90 Å². The van der Waals surface area contributed by atoms with Crippen molar-refractivity contribution in [3.63, 3.8) is 0 Å². The number of hydrogen-bond donors (Lipinski definition) is 3. The fourth-order valence-corrected chi connectivity index (χ4v) is 6.91. The molecule has 6 atom stereocenters. The molecule has 13 heteroatoms. The second kappa shape index (κ2) is 10.2. The Morgan fingerprint density at radius 2 is 1.86 bits per heavy atom. The number of fused-ring (bicyclic) bond motifs is 3. The number of benzene rings is 1. The molecular formula is C29H32N4O9. The number of oxime groups is 1. The van der Waals surface area contributed by atoms with E-state index in [0.29, 0.717) is 17.0 Å². The molecule has 1 amide bonds. The summed E-state index contributed by atoms with van der Waals surface area (Å²) in [7, 11) is 7.98. The Morgan fingerprint density at radius 1 is 1.17 bits per heavy atom.